The van der Waals surface area contributed by atoms with Crippen molar-refractivity contribution in [2.75, 3.05) is 33.0 Å². The molecular weight excluding hydrogens is 202 g/mol. The lowest BCUT2D eigenvalue weighted by molar-refractivity contribution is 0.0894. The lowest BCUT2D eigenvalue weighted by Gasteiger charge is -2.20. The molecule has 3 heteroatoms. The molecule has 3 nitrogen and oxygen atoms in total. The highest BCUT2D eigenvalue weighted by Crippen LogP contribution is 2.12. The zero-order valence-electron chi connectivity index (χ0n) is 11.0. The van der Waals surface area contributed by atoms with Crippen molar-refractivity contribution in [1.82, 2.24) is 5.32 Å². The fourth-order valence-corrected chi connectivity index (χ4v) is 1.88. The lowest BCUT2D eigenvalue weighted by atomic mass is 10.0. The van der Waals surface area contributed by atoms with Crippen LogP contribution in [0.5, 0.6) is 0 Å². The highest BCUT2D eigenvalue weighted by molar-refractivity contribution is 4.67. The standard InChI is InChI=1S/C13H27NO2/c1-4-11(2)12(3)14-6-8-16-10-13-5-7-15-9-13/h11-14H,4-10H2,1-3H3. The molecule has 0 aromatic carbocycles. The zero-order valence-corrected chi connectivity index (χ0v) is 11.0. The van der Waals surface area contributed by atoms with Gasteiger partial charge in [0.1, 0.15) is 0 Å². The van der Waals surface area contributed by atoms with Gasteiger partial charge in [0, 0.05) is 25.1 Å². The fourth-order valence-electron chi connectivity index (χ4n) is 1.88. The zero-order chi connectivity index (χ0) is 11.8. The molecule has 0 amide bonds. The average Bonchev–Trinajstić information content (AvgIpc) is 2.80. The molecule has 1 heterocycles. The highest BCUT2D eigenvalue weighted by Gasteiger charge is 2.15. The van der Waals surface area contributed by atoms with Crippen LogP contribution in [-0.2, 0) is 9.47 Å². The third-order valence-electron chi connectivity index (χ3n) is 3.59. The second-order valence-corrected chi connectivity index (χ2v) is 4.93. The molecule has 0 spiro atoms. The molecule has 16 heavy (non-hydrogen) atoms. The van der Waals surface area contributed by atoms with Crippen LogP contribution in [-0.4, -0.2) is 39.0 Å². The van der Waals surface area contributed by atoms with E-state index in [0.717, 1.165) is 45.3 Å². The van der Waals surface area contributed by atoms with E-state index in [0.29, 0.717) is 12.0 Å². The molecule has 0 aromatic heterocycles. The van der Waals surface area contributed by atoms with Gasteiger partial charge in [-0.05, 0) is 19.3 Å². The van der Waals surface area contributed by atoms with Crippen LogP contribution in [0.3, 0.4) is 0 Å². The first-order valence-electron chi connectivity index (χ1n) is 6.63. The van der Waals surface area contributed by atoms with Crippen LogP contribution in [0.25, 0.3) is 0 Å². The van der Waals surface area contributed by atoms with Crippen molar-refractivity contribution in [3.63, 3.8) is 0 Å². The number of hydrogen-bond donors (Lipinski definition) is 1. The maximum absolute atomic E-state index is 5.64. The Morgan fingerprint density at radius 1 is 1.44 bits per heavy atom. The number of rotatable bonds is 8. The Labute approximate surface area is 99.9 Å². The van der Waals surface area contributed by atoms with Gasteiger partial charge in [-0.25, -0.2) is 0 Å². The largest absolute Gasteiger partial charge is 0.381 e. The Hall–Kier alpha value is -0.120. The van der Waals surface area contributed by atoms with E-state index in [2.05, 4.69) is 26.1 Å². The minimum absolute atomic E-state index is 0.586. The molecule has 0 aromatic rings. The van der Waals surface area contributed by atoms with Gasteiger partial charge in [-0.3, -0.25) is 0 Å². The van der Waals surface area contributed by atoms with Crippen LogP contribution in [0.1, 0.15) is 33.6 Å². The first-order chi connectivity index (χ1) is 7.74. The molecule has 1 saturated heterocycles. The summed E-state index contributed by atoms with van der Waals surface area (Å²) >= 11 is 0. The van der Waals surface area contributed by atoms with E-state index in [1.807, 2.05) is 0 Å². The molecule has 1 aliphatic heterocycles. The van der Waals surface area contributed by atoms with Crippen LogP contribution >= 0.6 is 0 Å². The molecule has 1 N–H and O–H groups in total. The van der Waals surface area contributed by atoms with E-state index >= 15 is 0 Å². The molecule has 0 bridgehead atoms. The van der Waals surface area contributed by atoms with Crippen molar-refractivity contribution in [2.45, 2.75) is 39.7 Å². The molecule has 0 radical (unpaired) electrons. The summed E-state index contributed by atoms with van der Waals surface area (Å²) in [6.07, 6.45) is 2.39. The first kappa shape index (κ1) is 13.9. The van der Waals surface area contributed by atoms with Gasteiger partial charge in [0.25, 0.3) is 0 Å². The summed E-state index contributed by atoms with van der Waals surface area (Å²) in [5.74, 6) is 1.37. The van der Waals surface area contributed by atoms with Gasteiger partial charge < -0.3 is 14.8 Å². The third-order valence-corrected chi connectivity index (χ3v) is 3.59. The van der Waals surface area contributed by atoms with E-state index in [1.165, 1.54) is 6.42 Å². The molecule has 96 valence electrons. The van der Waals surface area contributed by atoms with Crippen LogP contribution in [0.2, 0.25) is 0 Å². The van der Waals surface area contributed by atoms with Crippen molar-refractivity contribution in [2.24, 2.45) is 11.8 Å². The van der Waals surface area contributed by atoms with Gasteiger partial charge in [0.2, 0.25) is 0 Å². The first-order valence-corrected chi connectivity index (χ1v) is 6.63. The maximum Gasteiger partial charge on any atom is 0.0591 e. The predicted molar refractivity (Wildman–Crippen MR) is 66.7 cm³/mol. The Morgan fingerprint density at radius 2 is 2.25 bits per heavy atom. The maximum atomic E-state index is 5.64. The van der Waals surface area contributed by atoms with Crippen molar-refractivity contribution in [3.8, 4) is 0 Å². The second kappa shape index (κ2) is 8.04. The molecule has 3 unspecified atom stereocenters. The van der Waals surface area contributed by atoms with Crippen molar-refractivity contribution in [1.29, 1.82) is 0 Å². The molecular formula is C13H27NO2. The number of hydrogen-bond acceptors (Lipinski definition) is 3. The Bertz CT molecular complexity index is 169. The van der Waals surface area contributed by atoms with E-state index in [9.17, 15) is 0 Å². The molecule has 1 aliphatic rings. The summed E-state index contributed by atoms with van der Waals surface area (Å²) < 4.78 is 10.9. The van der Waals surface area contributed by atoms with Gasteiger partial charge >= 0.3 is 0 Å². The SMILES string of the molecule is CCC(C)C(C)NCCOCC1CCOC1. The molecule has 0 aliphatic carbocycles. The van der Waals surface area contributed by atoms with Crippen LogP contribution in [0.4, 0.5) is 0 Å². The Kier molecular flexibility index (Phi) is 7.01. The summed E-state index contributed by atoms with van der Waals surface area (Å²) in [5, 5.41) is 3.50. The van der Waals surface area contributed by atoms with Gasteiger partial charge in [-0.15, -0.1) is 0 Å². The van der Waals surface area contributed by atoms with Crippen molar-refractivity contribution in [3.05, 3.63) is 0 Å². The minimum Gasteiger partial charge on any atom is -0.381 e. The van der Waals surface area contributed by atoms with Crippen LogP contribution < -0.4 is 5.32 Å². The molecule has 3 atom stereocenters. The third kappa shape index (κ3) is 5.28. The summed E-state index contributed by atoms with van der Waals surface area (Å²) in [6, 6.07) is 0.586. The molecule has 1 fully saturated rings. The summed E-state index contributed by atoms with van der Waals surface area (Å²) in [5.41, 5.74) is 0. The Morgan fingerprint density at radius 3 is 2.88 bits per heavy atom. The fraction of sp³-hybridized carbons (Fsp3) is 1.00. The topological polar surface area (TPSA) is 30.5 Å². The monoisotopic (exact) mass is 229 g/mol. The van der Waals surface area contributed by atoms with E-state index in [4.69, 9.17) is 9.47 Å². The summed E-state index contributed by atoms with van der Waals surface area (Å²) in [7, 11) is 0. The van der Waals surface area contributed by atoms with Crippen molar-refractivity contribution < 1.29 is 9.47 Å². The molecule has 1 rings (SSSR count). The number of ether oxygens (including phenoxy) is 2. The van der Waals surface area contributed by atoms with E-state index in [1.54, 1.807) is 0 Å². The average molecular weight is 229 g/mol. The highest BCUT2D eigenvalue weighted by atomic mass is 16.5. The second-order valence-electron chi connectivity index (χ2n) is 4.93. The van der Waals surface area contributed by atoms with E-state index in [-0.39, 0.29) is 0 Å². The van der Waals surface area contributed by atoms with E-state index < -0.39 is 0 Å². The smallest absolute Gasteiger partial charge is 0.0591 e. The van der Waals surface area contributed by atoms with Crippen LogP contribution in [0.15, 0.2) is 0 Å². The van der Waals surface area contributed by atoms with Gasteiger partial charge in [0.05, 0.1) is 19.8 Å². The predicted octanol–water partition coefficient (Wildman–Crippen LogP) is 2.06. The lowest BCUT2D eigenvalue weighted by Crippen LogP contribution is -2.34. The molecule has 0 saturated carbocycles. The number of nitrogens with one attached hydrogen (secondary N) is 1. The van der Waals surface area contributed by atoms with Crippen LogP contribution in [0, 0.1) is 11.8 Å². The summed E-state index contributed by atoms with van der Waals surface area (Å²) in [6.45, 7) is 11.2. The van der Waals surface area contributed by atoms with Gasteiger partial charge in [-0.2, -0.15) is 0 Å². The quantitative estimate of drug-likeness (QED) is 0.646. The summed E-state index contributed by atoms with van der Waals surface area (Å²) in [4.78, 5) is 0. The van der Waals surface area contributed by atoms with Gasteiger partial charge in [0.15, 0.2) is 0 Å². The Balaban J connectivity index is 1.91. The minimum atomic E-state index is 0.586. The van der Waals surface area contributed by atoms with Crippen molar-refractivity contribution >= 4 is 0 Å². The normalized spacial score (nSPS) is 24.6. The van der Waals surface area contributed by atoms with Gasteiger partial charge in [-0.1, -0.05) is 20.3 Å².